The van der Waals surface area contributed by atoms with E-state index in [1.807, 2.05) is 25.1 Å². The van der Waals surface area contributed by atoms with Crippen LogP contribution in [0.3, 0.4) is 0 Å². The summed E-state index contributed by atoms with van der Waals surface area (Å²) in [5, 5.41) is 1.43. The fourth-order valence-electron chi connectivity index (χ4n) is 3.78. The van der Waals surface area contributed by atoms with Crippen LogP contribution in [-0.2, 0) is 17.6 Å². The van der Waals surface area contributed by atoms with E-state index in [1.165, 1.54) is 23.1 Å². The second-order valence-corrected chi connectivity index (χ2v) is 9.99. The maximum atomic E-state index is 13.0. The summed E-state index contributed by atoms with van der Waals surface area (Å²) < 4.78 is 0.955. The van der Waals surface area contributed by atoms with Gasteiger partial charge in [0.1, 0.15) is 10.8 Å². The van der Waals surface area contributed by atoms with E-state index >= 15 is 0 Å². The van der Waals surface area contributed by atoms with Gasteiger partial charge < -0.3 is 0 Å². The molecule has 1 saturated carbocycles. The second kappa shape index (κ2) is 9.62. The van der Waals surface area contributed by atoms with Crippen LogP contribution in [0.2, 0.25) is 0 Å². The van der Waals surface area contributed by atoms with Crippen LogP contribution in [0.4, 0.5) is 0 Å². The quantitative estimate of drug-likeness (QED) is 0.360. The first-order valence-corrected chi connectivity index (χ1v) is 11.8. The minimum atomic E-state index is 0.0705. The van der Waals surface area contributed by atoms with Gasteiger partial charge in [0.2, 0.25) is 0 Å². The molecule has 2 aromatic heterocycles. The Morgan fingerprint density at radius 1 is 1.10 bits per heavy atom. The lowest BCUT2D eigenvalue weighted by molar-refractivity contribution is -0.117. The van der Waals surface area contributed by atoms with Gasteiger partial charge in [-0.1, -0.05) is 30.5 Å². The predicted molar refractivity (Wildman–Crippen MR) is 118 cm³/mol. The van der Waals surface area contributed by atoms with Crippen molar-refractivity contribution < 1.29 is 9.59 Å². The average Bonchev–Trinajstić information content (AvgIpc) is 3.42. The minimum absolute atomic E-state index is 0.0705. The lowest BCUT2D eigenvalue weighted by atomic mass is 9.90. The Morgan fingerprint density at radius 3 is 2.63 bits per heavy atom. The van der Waals surface area contributed by atoms with Crippen LogP contribution in [0, 0.1) is 12.8 Å². The monoisotopic (exact) mass is 437 g/mol. The molecule has 2 heterocycles. The first-order chi connectivity index (χ1) is 14.6. The van der Waals surface area contributed by atoms with Crippen LogP contribution in [0.1, 0.15) is 52.2 Å². The Hall–Kier alpha value is -2.38. The van der Waals surface area contributed by atoms with Gasteiger partial charge >= 0.3 is 0 Å². The zero-order valence-electron chi connectivity index (χ0n) is 16.8. The second-order valence-electron chi connectivity index (χ2n) is 7.60. The Balaban J connectivity index is 1.42. The van der Waals surface area contributed by atoms with Gasteiger partial charge in [0.15, 0.2) is 10.9 Å². The average molecular weight is 438 g/mol. The third-order valence-electron chi connectivity index (χ3n) is 5.26. The van der Waals surface area contributed by atoms with E-state index < -0.39 is 0 Å². The van der Waals surface area contributed by atoms with E-state index in [4.69, 9.17) is 0 Å². The Labute approximate surface area is 184 Å². The van der Waals surface area contributed by atoms with Gasteiger partial charge in [0, 0.05) is 30.3 Å². The molecule has 0 spiro atoms. The fourth-order valence-corrected chi connectivity index (χ4v) is 5.64. The lowest BCUT2D eigenvalue weighted by Gasteiger charge is -2.13. The Kier molecular flexibility index (Phi) is 6.69. The van der Waals surface area contributed by atoms with Gasteiger partial charge in [-0.15, -0.1) is 11.3 Å². The number of hydrogen-bond acceptors (Lipinski definition) is 7. The first-order valence-electron chi connectivity index (χ1n) is 10.1. The summed E-state index contributed by atoms with van der Waals surface area (Å²) in [7, 11) is 0. The Bertz CT molecular complexity index is 1040. The molecule has 0 amide bonds. The van der Waals surface area contributed by atoms with Crippen LogP contribution in [0.25, 0.3) is 0 Å². The standard InChI is InChI=1S/C23H23N3O2S2/c1-15-7-8-17(19(11-15)22(28)16-5-2-3-6-16)12-18(27)13-20-26-14-21(29-20)30-23-24-9-4-10-25-23/h4,7-11,14,16H,2-3,5-6,12-13H2,1H3. The Morgan fingerprint density at radius 2 is 1.87 bits per heavy atom. The third-order valence-corrected chi connectivity index (χ3v) is 7.25. The zero-order valence-corrected chi connectivity index (χ0v) is 18.5. The van der Waals surface area contributed by atoms with E-state index in [-0.39, 0.29) is 30.3 Å². The molecule has 30 heavy (non-hydrogen) atoms. The molecule has 1 aliphatic rings. The number of aromatic nitrogens is 3. The number of thiazole rings is 1. The summed E-state index contributed by atoms with van der Waals surface area (Å²) in [4.78, 5) is 38.5. The predicted octanol–water partition coefficient (Wildman–Crippen LogP) is 5.12. The van der Waals surface area contributed by atoms with Crippen molar-refractivity contribution in [1.29, 1.82) is 0 Å². The molecular weight excluding hydrogens is 414 g/mol. The van der Waals surface area contributed by atoms with Crippen LogP contribution in [0.5, 0.6) is 0 Å². The molecule has 0 atom stereocenters. The minimum Gasteiger partial charge on any atom is -0.299 e. The number of Topliss-reactive ketones (excluding diaryl/α,β-unsaturated/α-hetero) is 2. The van der Waals surface area contributed by atoms with Crippen molar-refractivity contribution in [3.8, 4) is 0 Å². The normalized spacial score (nSPS) is 14.2. The number of benzene rings is 1. The van der Waals surface area contributed by atoms with E-state index in [9.17, 15) is 9.59 Å². The summed E-state index contributed by atoms with van der Waals surface area (Å²) in [6, 6.07) is 7.64. The van der Waals surface area contributed by atoms with Crippen LogP contribution in [0.15, 0.2) is 52.2 Å². The molecule has 1 aromatic carbocycles. The molecule has 0 aliphatic heterocycles. The molecule has 1 aliphatic carbocycles. The number of hydrogen-bond donors (Lipinski definition) is 0. The highest BCUT2D eigenvalue weighted by Gasteiger charge is 2.26. The first kappa shape index (κ1) is 20.9. The molecule has 1 fully saturated rings. The van der Waals surface area contributed by atoms with Crippen molar-refractivity contribution in [2.75, 3.05) is 0 Å². The highest BCUT2D eigenvalue weighted by Crippen LogP contribution is 2.31. The molecular formula is C23H23N3O2S2. The van der Waals surface area contributed by atoms with Crippen molar-refractivity contribution in [1.82, 2.24) is 15.0 Å². The molecule has 0 saturated heterocycles. The van der Waals surface area contributed by atoms with Crippen LogP contribution >= 0.6 is 23.1 Å². The van der Waals surface area contributed by atoms with Gasteiger partial charge in [-0.25, -0.2) is 15.0 Å². The number of rotatable bonds is 8. The van der Waals surface area contributed by atoms with E-state index in [2.05, 4.69) is 15.0 Å². The SMILES string of the molecule is Cc1ccc(CC(=O)Cc2ncc(Sc3ncccn3)s2)c(C(=O)C2CCCC2)c1. The van der Waals surface area contributed by atoms with Crippen molar-refractivity contribution in [3.05, 3.63) is 64.6 Å². The van der Waals surface area contributed by atoms with Crippen LogP contribution < -0.4 is 0 Å². The maximum Gasteiger partial charge on any atom is 0.193 e. The summed E-state index contributed by atoms with van der Waals surface area (Å²) in [6.07, 6.45) is 9.86. The van der Waals surface area contributed by atoms with E-state index in [0.717, 1.165) is 51.6 Å². The van der Waals surface area contributed by atoms with Crippen molar-refractivity contribution >= 4 is 34.7 Å². The van der Waals surface area contributed by atoms with Crippen molar-refractivity contribution in [3.63, 3.8) is 0 Å². The highest BCUT2D eigenvalue weighted by molar-refractivity contribution is 8.01. The molecule has 0 N–H and O–H groups in total. The van der Waals surface area contributed by atoms with Gasteiger partial charge in [0.25, 0.3) is 0 Å². The number of nitrogens with zero attached hydrogens (tertiary/aromatic N) is 3. The molecule has 0 radical (unpaired) electrons. The zero-order chi connectivity index (χ0) is 20.9. The topological polar surface area (TPSA) is 72.8 Å². The number of carbonyl (C=O) groups excluding carboxylic acids is 2. The maximum absolute atomic E-state index is 13.0. The van der Waals surface area contributed by atoms with Gasteiger partial charge in [-0.2, -0.15) is 0 Å². The molecule has 3 aromatic rings. The summed E-state index contributed by atoms with van der Waals surface area (Å²) >= 11 is 2.92. The third kappa shape index (κ3) is 5.21. The molecule has 5 nitrogen and oxygen atoms in total. The van der Waals surface area contributed by atoms with Gasteiger partial charge in [0.05, 0.1) is 16.8 Å². The van der Waals surface area contributed by atoms with E-state index in [1.54, 1.807) is 24.7 Å². The number of ketones is 2. The molecule has 7 heteroatoms. The van der Waals surface area contributed by atoms with Crippen molar-refractivity contribution in [2.45, 2.75) is 54.8 Å². The molecule has 0 unspecified atom stereocenters. The van der Waals surface area contributed by atoms with E-state index in [0.29, 0.717) is 5.16 Å². The molecule has 154 valence electrons. The van der Waals surface area contributed by atoms with Crippen molar-refractivity contribution in [2.24, 2.45) is 5.92 Å². The van der Waals surface area contributed by atoms with Gasteiger partial charge in [-0.05, 0) is 49.2 Å². The summed E-state index contributed by atoms with van der Waals surface area (Å²) in [5.74, 6) is 0.385. The summed E-state index contributed by atoms with van der Waals surface area (Å²) in [6.45, 7) is 1.99. The smallest absolute Gasteiger partial charge is 0.193 e. The number of carbonyl (C=O) groups is 2. The van der Waals surface area contributed by atoms with Gasteiger partial charge in [-0.3, -0.25) is 9.59 Å². The number of aryl methyl sites for hydroxylation is 1. The highest BCUT2D eigenvalue weighted by atomic mass is 32.2. The molecule has 0 bridgehead atoms. The lowest BCUT2D eigenvalue weighted by Crippen LogP contribution is -2.16. The molecule has 4 rings (SSSR count). The largest absolute Gasteiger partial charge is 0.299 e. The fraction of sp³-hybridized carbons (Fsp3) is 0.348. The summed E-state index contributed by atoms with van der Waals surface area (Å²) in [5.41, 5.74) is 2.62. The van der Waals surface area contributed by atoms with Crippen LogP contribution in [-0.4, -0.2) is 26.5 Å².